The second-order valence-electron chi connectivity index (χ2n) is 7.51. The molecule has 0 aromatic heterocycles. The van der Waals surface area contributed by atoms with E-state index in [0.29, 0.717) is 18.2 Å². The first-order chi connectivity index (χ1) is 11.1. The highest BCUT2D eigenvalue weighted by molar-refractivity contribution is 5.76. The Morgan fingerprint density at radius 1 is 0.696 bits per heavy atom. The van der Waals surface area contributed by atoms with Gasteiger partial charge < -0.3 is 4.90 Å². The molecule has 0 aliphatic rings. The van der Waals surface area contributed by atoms with Crippen molar-refractivity contribution in [2.75, 3.05) is 13.1 Å². The highest BCUT2D eigenvalue weighted by Gasteiger charge is 2.14. The lowest BCUT2D eigenvalue weighted by Crippen LogP contribution is -2.33. The van der Waals surface area contributed by atoms with Crippen LogP contribution in [0.1, 0.15) is 111 Å². The Labute approximate surface area is 146 Å². The van der Waals surface area contributed by atoms with Crippen molar-refractivity contribution in [3.63, 3.8) is 0 Å². The van der Waals surface area contributed by atoms with Gasteiger partial charge in [-0.3, -0.25) is 4.79 Å². The van der Waals surface area contributed by atoms with Crippen molar-refractivity contribution in [2.45, 2.75) is 111 Å². The third kappa shape index (κ3) is 14.8. The molecular weight excluding hydrogens is 282 g/mol. The lowest BCUT2D eigenvalue weighted by atomic mass is 10.1. The van der Waals surface area contributed by atoms with E-state index in [1.54, 1.807) is 0 Å². The fourth-order valence-electron chi connectivity index (χ4n) is 3.01. The standard InChI is InChI=1S/C21H43NO/c1-5-7-9-11-13-15-17-22(21(23)19-20(3)4)18-16-14-12-10-8-6-2/h20H,5-19H2,1-4H3. The molecule has 0 aromatic carbocycles. The quantitative estimate of drug-likeness (QED) is 0.293. The zero-order valence-electron chi connectivity index (χ0n) is 16.5. The van der Waals surface area contributed by atoms with Crippen LogP contribution in [0, 0.1) is 5.92 Å². The summed E-state index contributed by atoms with van der Waals surface area (Å²) in [7, 11) is 0. The molecule has 0 spiro atoms. The number of carbonyl (C=O) groups is 1. The number of amides is 1. The van der Waals surface area contributed by atoms with E-state index < -0.39 is 0 Å². The van der Waals surface area contributed by atoms with Gasteiger partial charge >= 0.3 is 0 Å². The van der Waals surface area contributed by atoms with Crippen LogP contribution in [0.5, 0.6) is 0 Å². The minimum Gasteiger partial charge on any atom is -0.343 e. The summed E-state index contributed by atoms with van der Waals surface area (Å²) >= 11 is 0. The van der Waals surface area contributed by atoms with Gasteiger partial charge in [-0.1, -0.05) is 91.9 Å². The Hall–Kier alpha value is -0.530. The maximum Gasteiger partial charge on any atom is 0.222 e. The average Bonchev–Trinajstić information content (AvgIpc) is 2.51. The molecule has 0 rings (SSSR count). The average molecular weight is 326 g/mol. The van der Waals surface area contributed by atoms with Gasteiger partial charge in [0, 0.05) is 19.5 Å². The largest absolute Gasteiger partial charge is 0.343 e. The van der Waals surface area contributed by atoms with Gasteiger partial charge in [0.05, 0.1) is 0 Å². The Morgan fingerprint density at radius 2 is 1.09 bits per heavy atom. The highest BCUT2D eigenvalue weighted by atomic mass is 16.2. The normalized spacial score (nSPS) is 11.2. The van der Waals surface area contributed by atoms with Crippen LogP contribution < -0.4 is 0 Å². The number of carbonyl (C=O) groups excluding carboxylic acids is 1. The first-order valence-electron chi connectivity index (χ1n) is 10.4. The molecule has 0 saturated heterocycles. The van der Waals surface area contributed by atoms with Gasteiger partial charge in [0.25, 0.3) is 0 Å². The fourth-order valence-corrected chi connectivity index (χ4v) is 3.01. The molecule has 0 atom stereocenters. The van der Waals surface area contributed by atoms with Crippen molar-refractivity contribution in [2.24, 2.45) is 5.92 Å². The summed E-state index contributed by atoms with van der Waals surface area (Å²) < 4.78 is 0. The van der Waals surface area contributed by atoms with Gasteiger partial charge in [-0.15, -0.1) is 0 Å². The first kappa shape index (κ1) is 22.5. The Morgan fingerprint density at radius 3 is 1.48 bits per heavy atom. The van der Waals surface area contributed by atoms with Gasteiger partial charge in [0.1, 0.15) is 0 Å². The molecule has 23 heavy (non-hydrogen) atoms. The van der Waals surface area contributed by atoms with Crippen molar-refractivity contribution >= 4 is 5.91 Å². The lowest BCUT2D eigenvalue weighted by Gasteiger charge is -2.24. The second kappa shape index (κ2) is 16.3. The van der Waals surface area contributed by atoms with Crippen LogP contribution in [0.15, 0.2) is 0 Å². The van der Waals surface area contributed by atoms with E-state index in [0.717, 1.165) is 13.1 Å². The summed E-state index contributed by atoms with van der Waals surface area (Å²) in [5, 5.41) is 0. The maximum absolute atomic E-state index is 12.4. The van der Waals surface area contributed by atoms with Crippen LogP contribution in [-0.4, -0.2) is 23.9 Å². The van der Waals surface area contributed by atoms with Crippen LogP contribution in [0.25, 0.3) is 0 Å². The highest BCUT2D eigenvalue weighted by Crippen LogP contribution is 2.11. The topological polar surface area (TPSA) is 20.3 Å². The molecule has 0 heterocycles. The second-order valence-corrected chi connectivity index (χ2v) is 7.51. The van der Waals surface area contributed by atoms with Gasteiger partial charge in [0.15, 0.2) is 0 Å². The van der Waals surface area contributed by atoms with E-state index in [9.17, 15) is 4.79 Å². The molecule has 0 fully saturated rings. The summed E-state index contributed by atoms with van der Waals surface area (Å²) in [5.74, 6) is 0.848. The summed E-state index contributed by atoms with van der Waals surface area (Å²) in [6.07, 6.45) is 16.3. The van der Waals surface area contributed by atoms with Crippen molar-refractivity contribution in [1.82, 2.24) is 4.90 Å². The minimum absolute atomic E-state index is 0.377. The monoisotopic (exact) mass is 325 g/mol. The molecule has 0 bridgehead atoms. The summed E-state index contributed by atoms with van der Waals surface area (Å²) in [4.78, 5) is 14.6. The van der Waals surface area contributed by atoms with Gasteiger partial charge in [-0.2, -0.15) is 0 Å². The Bertz CT molecular complexity index is 247. The fraction of sp³-hybridized carbons (Fsp3) is 0.952. The lowest BCUT2D eigenvalue weighted by molar-refractivity contribution is -0.132. The Kier molecular flexibility index (Phi) is 16.0. The van der Waals surface area contributed by atoms with Gasteiger partial charge in [-0.25, -0.2) is 0 Å². The van der Waals surface area contributed by atoms with Crippen molar-refractivity contribution in [3.05, 3.63) is 0 Å². The van der Waals surface area contributed by atoms with Crippen LogP contribution in [0.3, 0.4) is 0 Å². The summed E-state index contributed by atoms with van der Waals surface area (Å²) in [6.45, 7) is 10.8. The number of hydrogen-bond donors (Lipinski definition) is 0. The van der Waals surface area contributed by atoms with E-state index in [-0.39, 0.29) is 0 Å². The predicted octanol–water partition coefficient (Wildman–Crippen LogP) is 6.58. The van der Waals surface area contributed by atoms with Gasteiger partial charge in [-0.05, 0) is 18.8 Å². The van der Waals surface area contributed by atoms with Crippen molar-refractivity contribution < 1.29 is 4.79 Å². The molecule has 0 N–H and O–H groups in total. The van der Waals surface area contributed by atoms with Crippen LogP contribution in [-0.2, 0) is 4.79 Å². The summed E-state index contributed by atoms with van der Waals surface area (Å²) in [5.41, 5.74) is 0. The molecule has 0 aromatic rings. The summed E-state index contributed by atoms with van der Waals surface area (Å²) in [6, 6.07) is 0. The molecule has 0 aliphatic carbocycles. The number of rotatable bonds is 16. The molecular formula is C21H43NO. The number of hydrogen-bond acceptors (Lipinski definition) is 1. The number of unbranched alkanes of at least 4 members (excludes halogenated alkanes) is 10. The molecule has 2 nitrogen and oxygen atoms in total. The van der Waals surface area contributed by atoms with Gasteiger partial charge in [0.2, 0.25) is 5.91 Å². The Balaban J connectivity index is 3.96. The van der Waals surface area contributed by atoms with E-state index in [1.165, 1.54) is 77.0 Å². The smallest absolute Gasteiger partial charge is 0.222 e. The zero-order valence-corrected chi connectivity index (χ0v) is 16.5. The predicted molar refractivity (Wildman–Crippen MR) is 103 cm³/mol. The molecule has 0 aliphatic heterocycles. The molecule has 0 saturated carbocycles. The van der Waals surface area contributed by atoms with E-state index >= 15 is 0 Å². The van der Waals surface area contributed by atoms with Crippen molar-refractivity contribution in [3.8, 4) is 0 Å². The number of nitrogens with zero attached hydrogens (tertiary/aromatic N) is 1. The first-order valence-corrected chi connectivity index (χ1v) is 10.4. The van der Waals surface area contributed by atoms with Crippen LogP contribution in [0.2, 0.25) is 0 Å². The molecule has 2 heteroatoms. The van der Waals surface area contributed by atoms with E-state index in [4.69, 9.17) is 0 Å². The van der Waals surface area contributed by atoms with E-state index in [2.05, 4.69) is 32.6 Å². The third-order valence-corrected chi connectivity index (χ3v) is 4.50. The zero-order chi connectivity index (χ0) is 17.3. The SMILES string of the molecule is CCCCCCCCN(CCCCCCCC)C(=O)CC(C)C. The van der Waals surface area contributed by atoms with E-state index in [1.807, 2.05) is 0 Å². The van der Waals surface area contributed by atoms with Crippen LogP contribution >= 0.6 is 0 Å². The van der Waals surface area contributed by atoms with Crippen molar-refractivity contribution in [1.29, 1.82) is 0 Å². The molecule has 138 valence electrons. The third-order valence-electron chi connectivity index (χ3n) is 4.50. The molecule has 0 radical (unpaired) electrons. The van der Waals surface area contributed by atoms with Crippen LogP contribution in [0.4, 0.5) is 0 Å². The molecule has 0 unspecified atom stereocenters. The minimum atomic E-state index is 0.377. The molecule has 1 amide bonds. The maximum atomic E-state index is 12.4.